The van der Waals surface area contributed by atoms with Gasteiger partial charge in [-0.05, 0) is 25.8 Å². The topological polar surface area (TPSA) is 56.0 Å². The fourth-order valence-corrected chi connectivity index (χ4v) is 1.44. The van der Waals surface area contributed by atoms with E-state index >= 15 is 0 Å². The van der Waals surface area contributed by atoms with Gasteiger partial charge in [-0.25, -0.2) is 8.78 Å². The van der Waals surface area contributed by atoms with Crippen LogP contribution in [0.4, 0.5) is 14.6 Å². The van der Waals surface area contributed by atoms with Crippen molar-refractivity contribution < 1.29 is 13.7 Å². The van der Waals surface area contributed by atoms with Crippen LogP contribution in [0.3, 0.4) is 0 Å². The van der Waals surface area contributed by atoms with Crippen LogP contribution in [-0.4, -0.2) is 9.91 Å². The van der Waals surface area contributed by atoms with Crippen LogP contribution in [0.5, 0.6) is 0 Å². The Balaban J connectivity index is 3.33. The Kier molecular flexibility index (Phi) is 3.33. The number of hydrogen-bond donors (Lipinski definition) is 0. The molecule has 14 heavy (non-hydrogen) atoms. The van der Waals surface area contributed by atoms with Crippen LogP contribution in [0, 0.1) is 10.1 Å². The van der Waals surface area contributed by atoms with Crippen LogP contribution in [0.25, 0.3) is 0 Å². The van der Waals surface area contributed by atoms with Crippen molar-refractivity contribution in [3.8, 4) is 0 Å². The molecule has 0 unspecified atom stereocenters. The van der Waals surface area contributed by atoms with Crippen molar-refractivity contribution in [3.63, 3.8) is 0 Å². The van der Waals surface area contributed by atoms with E-state index in [0.717, 1.165) is 0 Å². The molecule has 76 valence electrons. The maximum Gasteiger partial charge on any atom is 0.379 e. The summed E-state index contributed by atoms with van der Waals surface area (Å²) in [5.74, 6) is -0.584. The predicted octanol–water partition coefficient (Wildman–Crippen LogP) is 3.34. The molecule has 0 spiro atoms. The Morgan fingerprint density at radius 2 is 2.21 bits per heavy atom. The summed E-state index contributed by atoms with van der Waals surface area (Å²) < 4.78 is 24.2. The molecule has 0 amide bonds. The Hall–Kier alpha value is -0.820. The Morgan fingerprint density at radius 1 is 1.64 bits per heavy atom. The molecule has 0 atom stereocenters. The van der Waals surface area contributed by atoms with Crippen LogP contribution in [0.1, 0.15) is 12.0 Å². The highest BCUT2D eigenvalue weighted by Gasteiger charge is 2.24. The average Bonchev–Trinajstić information content (AvgIpc) is 2.08. The first kappa shape index (κ1) is 11.3. The summed E-state index contributed by atoms with van der Waals surface area (Å²) in [6.07, 6.45) is -2.12. The molecule has 4 nitrogen and oxygen atoms in total. The highest BCUT2D eigenvalue weighted by atomic mass is 79.9. The smallest absolute Gasteiger partial charge is 0.358 e. The summed E-state index contributed by atoms with van der Waals surface area (Å²) in [6.45, 7) is 0. The second kappa shape index (κ2) is 4.14. The average molecular weight is 287 g/mol. The highest BCUT2D eigenvalue weighted by molar-refractivity contribution is 9.10. The quantitative estimate of drug-likeness (QED) is 0.619. The fraction of sp³-hybridized carbons (Fsp3) is 0.167. The van der Waals surface area contributed by atoms with Crippen molar-refractivity contribution in [2.24, 2.45) is 0 Å². The van der Waals surface area contributed by atoms with E-state index in [-0.39, 0.29) is 9.50 Å². The minimum absolute atomic E-state index is 0.234. The molecule has 1 aromatic heterocycles. The number of alkyl halides is 2. The molecule has 0 saturated heterocycles. The second-order valence-electron chi connectivity index (χ2n) is 2.22. The van der Waals surface area contributed by atoms with E-state index in [4.69, 9.17) is 11.6 Å². The van der Waals surface area contributed by atoms with Gasteiger partial charge in [-0.3, -0.25) is 0 Å². The van der Waals surface area contributed by atoms with Gasteiger partial charge in [-0.2, -0.15) is 0 Å². The van der Waals surface area contributed by atoms with Crippen LogP contribution in [0.2, 0.25) is 5.02 Å². The van der Waals surface area contributed by atoms with E-state index in [1.165, 1.54) is 0 Å². The number of halogens is 4. The standard InChI is InChI=1S/C6H2BrClF2N2O2/c7-3-4(8)2(5(9)10)1-11-6(3)12(13)14/h1,5H. The summed E-state index contributed by atoms with van der Waals surface area (Å²) in [4.78, 5) is 12.8. The zero-order valence-electron chi connectivity index (χ0n) is 6.38. The summed E-state index contributed by atoms with van der Waals surface area (Å²) in [6, 6.07) is 0. The van der Waals surface area contributed by atoms with E-state index in [1.807, 2.05) is 0 Å². The molecule has 0 aliphatic carbocycles. The van der Waals surface area contributed by atoms with Crippen LogP contribution >= 0.6 is 27.5 Å². The zero-order valence-corrected chi connectivity index (χ0v) is 8.72. The van der Waals surface area contributed by atoms with E-state index in [0.29, 0.717) is 6.20 Å². The molecule has 0 aliphatic heterocycles. The molecular weight excluding hydrogens is 285 g/mol. The normalized spacial score (nSPS) is 10.6. The second-order valence-corrected chi connectivity index (χ2v) is 3.39. The van der Waals surface area contributed by atoms with Gasteiger partial charge >= 0.3 is 5.82 Å². The third-order valence-electron chi connectivity index (χ3n) is 1.38. The molecule has 8 heteroatoms. The van der Waals surface area contributed by atoms with Gasteiger partial charge in [-0.1, -0.05) is 11.6 Å². The summed E-state index contributed by atoms with van der Waals surface area (Å²) in [7, 11) is 0. The van der Waals surface area contributed by atoms with Crippen molar-refractivity contribution in [1.29, 1.82) is 0 Å². The van der Waals surface area contributed by atoms with Gasteiger partial charge in [0.1, 0.15) is 4.47 Å². The first-order chi connectivity index (χ1) is 6.45. The highest BCUT2D eigenvalue weighted by Crippen LogP contribution is 2.36. The van der Waals surface area contributed by atoms with Gasteiger partial charge in [0.2, 0.25) is 0 Å². The Bertz CT molecular complexity index is 388. The molecule has 0 aromatic carbocycles. The van der Waals surface area contributed by atoms with Gasteiger partial charge in [0, 0.05) is 0 Å². The molecule has 0 N–H and O–H groups in total. The lowest BCUT2D eigenvalue weighted by molar-refractivity contribution is -0.390. The number of aromatic nitrogens is 1. The monoisotopic (exact) mass is 286 g/mol. The third kappa shape index (κ3) is 1.98. The summed E-state index contributed by atoms with van der Waals surface area (Å²) in [5.41, 5.74) is -0.538. The van der Waals surface area contributed by atoms with E-state index in [2.05, 4.69) is 20.9 Å². The van der Waals surface area contributed by atoms with E-state index in [9.17, 15) is 18.9 Å². The van der Waals surface area contributed by atoms with Crippen molar-refractivity contribution >= 4 is 33.3 Å². The van der Waals surface area contributed by atoms with Crippen LogP contribution in [0.15, 0.2) is 10.7 Å². The Morgan fingerprint density at radius 3 is 2.64 bits per heavy atom. The van der Waals surface area contributed by atoms with Gasteiger partial charge in [0.05, 0.1) is 10.6 Å². The van der Waals surface area contributed by atoms with Gasteiger partial charge < -0.3 is 10.1 Å². The summed E-state index contributed by atoms with van der Waals surface area (Å²) in [5, 5.41) is 9.93. The van der Waals surface area contributed by atoms with Crippen LogP contribution < -0.4 is 0 Å². The van der Waals surface area contributed by atoms with Crippen molar-refractivity contribution in [1.82, 2.24) is 4.98 Å². The minimum atomic E-state index is -2.81. The van der Waals surface area contributed by atoms with Gasteiger partial charge in [0.15, 0.2) is 6.20 Å². The maximum absolute atomic E-state index is 12.2. The lowest BCUT2D eigenvalue weighted by Gasteiger charge is -2.02. The van der Waals surface area contributed by atoms with Crippen molar-refractivity contribution in [2.45, 2.75) is 6.43 Å². The zero-order chi connectivity index (χ0) is 10.9. The first-order valence-corrected chi connectivity index (χ1v) is 4.38. The summed E-state index contributed by atoms with van der Waals surface area (Å²) >= 11 is 8.20. The molecule has 0 saturated carbocycles. The lowest BCUT2D eigenvalue weighted by Crippen LogP contribution is -1.97. The third-order valence-corrected chi connectivity index (χ3v) is 2.76. The lowest BCUT2D eigenvalue weighted by atomic mass is 10.3. The predicted molar refractivity (Wildman–Crippen MR) is 48.6 cm³/mol. The van der Waals surface area contributed by atoms with Crippen LogP contribution in [-0.2, 0) is 0 Å². The van der Waals surface area contributed by atoms with Crippen molar-refractivity contribution in [3.05, 3.63) is 31.4 Å². The first-order valence-electron chi connectivity index (χ1n) is 3.21. The molecule has 0 fully saturated rings. The largest absolute Gasteiger partial charge is 0.379 e. The van der Waals surface area contributed by atoms with E-state index in [1.54, 1.807) is 0 Å². The fourth-order valence-electron chi connectivity index (χ4n) is 0.748. The molecule has 1 heterocycles. The minimum Gasteiger partial charge on any atom is -0.358 e. The van der Waals surface area contributed by atoms with E-state index < -0.39 is 22.7 Å². The Labute approximate surface area is 90.2 Å². The molecule has 0 radical (unpaired) electrons. The van der Waals surface area contributed by atoms with Gasteiger partial charge in [-0.15, -0.1) is 0 Å². The molecular formula is C6H2BrClF2N2O2. The number of hydrogen-bond acceptors (Lipinski definition) is 3. The molecule has 1 rings (SSSR count). The SMILES string of the molecule is O=[N+]([O-])c1ncc(C(F)F)c(Cl)c1Br. The number of nitrogens with zero attached hydrogens (tertiary/aromatic N) is 2. The molecule has 0 bridgehead atoms. The molecule has 0 aliphatic rings. The number of rotatable bonds is 2. The van der Waals surface area contributed by atoms with Gasteiger partial charge in [0.25, 0.3) is 6.43 Å². The number of nitro groups is 1. The maximum atomic E-state index is 12.2. The number of pyridine rings is 1. The molecule has 1 aromatic rings. The van der Waals surface area contributed by atoms with Crippen molar-refractivity contribution in [2.75, 3.05) is 0 Å².